The van der Waals surface area contributed by atoms with Crippen molar-refractivity contribution in [1.29, 1.82) is 0 Å². The summed E-state index contributed by atoms with van der Waals surface area (Å²) in [5.74, 6) is -3.07. The Morgan fingerprint density at radius 3 is 2.20 bits per heavy atom. The van der Waals surface area contributed by atoms with Crippen LogP contribution in [0.25, 0.3) is 0 Å². The van der Waals surface area contributed by atoms with Crippen molar-refractivity contribution in [3.63, 3.8) is 0 Å². The van der Waals surface area contributed by atoms with Crippen molar-refractivity contribution < 1.29 is 48.6 Å². The molecular formula is C45H76O10. The average Bonchev–Trinajstić information content (AvgIpc) is 3.39. The van der Waals surface area contributed by atoms with E-state index in [-0.39, 0.29) is 59.5 Å². The molecule has 4 heterocycles. The fraction of sp³-hybridized carbons (Fsp3) is 0.911. The van der Waals surface area contributed by atoms with Crippen LogP contribution >= 0.6 is 0 Å². The van der Waals surface area contributed by atoms with Gasteiger partial charge in [-0.05, 0) is 120 Å². The van der Waals surface area contributed by atoms with Crippen molar-refractivity contribution in [2.75, 3.05) is 7.11 Å². The summed E-state index contributed by atoms with van der Waals surface area (Å²) in [5.41, 5.74) is -1.60. The molecule has 4 aliphatic heterocycles. The molecule has 0 bridgehead atoms. The molecule has 0 amide bonds. The van der Waals surface area contributed by atoms with E-state index in [2.05, 4.69) is 34.6 Å². The maximum atomic E-state index is 14.5. The molecular weight excluding hydrogens is 700 g/mol. The highest BCUT2D eigenvalue weighted by Gasteiger charge is 2.63. The lowest BCUT2D eigenvalue weighted by Gasteiger charge is -2.54. The van der Waals surface area contributed by atoms with E-state index < -0.39 is 52.9 Å². The monoisotopic (exact) mass is 777 g/mol. The van der Waals surface area contributed by atoms with Crippen molar-refractivity contribution in [3.8, 4) is 0 Å². The van der Waals surface area contributed by atoms with E-state index >= 15 is 0 Å². The molecule has 0 aromatic heterocycles. The summed E-state index contributed by atoms with van der Waals surface area (Å²) in [7, 11) is 1.47. The van der Waals surface area contributed by atoms with Crippen molar-refractivity contribution in [1.82, 2.24) is 0 Å². The second-order valence-corrected chi connectivity index (χ2v) is 19.0. The van der Waals surface area contributed by atoms with Gasteiger partial charge in [-0.1, -0.05) is 61.8 Å². The van der Waals surface area contributed by atoms with Crippen molar-refractivity contribution in [2.24, 2.45) is 53.3 Å². The first-order valence-corrected chi connectivity index (χ1v) is 22.0. The van der Waals surface area contributed by atoms with E-state index in [0.717, 1.165) is 38.5 Å². The molecule has 1 unspecified atom stereocenters. The first-order valence-electron chi connectivity index (χ1n) is 22.0. The van der Waals surface area contributed by atoms with E-state index in [1.807, 2.05) is 40.7 Å². The second-order valence-electron chi connectivity index (χ2n) is 19.0. The molecule has 5 aliphatic rings. The number of carbonyl (C=O) groups excluding carboxylic acids is 2. The minimum atomic E-state index is -1.35. The van der Waals surface area contributed by atoms with Crippen LogP contribution in [0.4, 0.5) is 0 Å². The molecule has 1 aliphatic carbocycles. The van der Waals surface area contributed by atoms with E-state index in [9.17, 15) is 24.9 Å². The highest BCUT2D eigenvalue weighted by molar-refractivity contribution is 5.84. The largest absolute Gasteiger partial charge is 0.469 e. The first kappa shape index (κ1) is 44.7. The number of esters is 1. The molecule has 55 heavy (non-hydrogen) atoms. The molecule has 18 atom stereocenters. The van der Waals surface area contributed by atoms with Gasteiger partial charge in [0.2, 0.25) is 5.79 Å². The molecule has 4 fully saturated rings. The lowest BCUT2D eigenvalue weighted by Crippen LogP contribution is -2.63. The van der Waals surface area contributed by atoms with Gasteiger partial charge in [-0.3, -0.25) is 9.59 Å². The van der Waals surface area contributed by atoms with Crippen LogP contribution in [0, 0.1) is 53.3 Å². The Morgan fingerprint density at radius 1 is 0.909 bits per heavy atom. The van der Waals surface area contributed by atoms with E-state index in [0.29, 0.717) is 44.4 Å². The zero-order valence-electron chi connectivity index (χ0n) is 35.9. The van der Waals surface area contributed by atoms with Gasteiger partial charge in [0.25, 0.3) is 0 Å². The molecule has 5 rings (SSSR count). The second kappa shape index (κ2) is 17.4. The molecule has 316 valence electrons. The third-order valence-electron chi connectivity index (χ3n) is 15.7. The van der Waals surface area contributed by atoms with Gasteiger partial charge in [-0.2, -0.15) is 0 Å². The highest BCUT2D eigenvalue weighted by atomic mass is 16.8. The van der Waals surface area contributed by atoms with Gasteiger partial charge in [-0.15, -0.1) is 0 Å². The number of aliphatic hydroxyl groups excluding tert-OH is 2. The average molecular weight is 777 g/mol. The minimum absolute atomic E-state index is 0.00845. The number of Topliss-reactive ketones (excluding diaryl/α,β-unsaturated/α-hetero) is 1. The van der Waals surface area contributed by atoms with E-state index in [1.54, 1.807) is 6.08 Å². The minimum Gasteiger partial charge on any atom is -0.469 e. The lowest BCUT2D eigenvalue weighted by molar-refractivity contribution is -0.409. The Bertz CT molecular complexity index is 1350. The number of methoxy groups -OCH3 is 1. The maximum absolute atomic E-state index is 14.5. The Labute approximate surface area is 331 Å². The summed E-state index contributed by atoms with van der Waals surface area (Å²) in [6.45, 7) is 20.4. The number of ether oxygens (including phenoxy) is 5. The van der Waals surface area contributed by atoms with Crippen LogP contribution < -0.4 is 0 Å². The summed E-state index contributed by atoms with van der Waals surface area (Å²) in [4.78, 5) is 27.1. The number of hydrogen-bond donors (Lipinski definition) is 3. The summed E-state index contributed by atoms with van der Waals surface area (Å²) in [6.07, 6.45) is 9.42. The van der Waals surface area contributed by atoms with Crippen LogP contribution in [-0.2, 0) is 33.3 Å². The van der Waals surface area contributed by atoms with Crippen molar-refractivity contribution >= 4 is 11.8 Å². The van der Waals surface area contributed by atoms with Gasteiger partial charge in [0, 0.05) is 24.2 Å². The zero-order valence-corrected chi connectivity index (χ0v) is 35.9. The summed E-state index contributed by atoms with van der Waals surface area (Å²) in [5, 5.41) is 34.4. The summed E-state index contributed by atoms with van der Waals surface area (Å²) < 4.78 is 32.4. The van der Waals surface area contributed by atoms with Gasteiger partial charge < -0.3 is 39.0 Å². The van der Waals surface area contributed by atoms with Crippen LogP contribution in [0.5, 0.6) is 0 Å². The molecule has 0 aromatic carbocycles. The zero-order chi connectivity index (χ0) is 40.7. The van der Waals surface area contributed by atoms with Crippen LogP contribution in [0.1, 0.15) is 146 Å². The van der Waals surface area contributed by atoms with Gasteiger partial charge in [0.1, 0.15) is 11.9 Å². The highest BCUT2D eigenvalue weighted by Crippen LogP contribution is 2.54. The SMILES string of the molecule is CC[C@@H](C(=O)OC)[C@@H]1CCC([C@@H](C)[C@H](O)[C@H](C)C(=O)[C@H](CC)[C@H]2O[C@]3(C=C[C@@H](O)[C@]4(CC[C@@](C)([C@H]5CC[C@](O)(CC)[C@H](C)O5)O4)O3)[C@H](C)C[C@@H]2C)[C@@H](C)CC1. The van der Waals surface area contributed by atoms with Crippen molar-refractivity contribution in [3.05, 3.63) is 12.2 Å². The number of ketones is 1. The van der Waals surface area contributed by atoms with Gasteiger partial charge in [0.15, 0.2) is 5.79 Å². The maximum Gasteiger partial charge on any atom is 0.308 e. The molecule has 0 radical (unpaired) electrons. The smallest absolute Gasteiger partial charge is 0.308 e. The summed E-state index contributed by atoms with van der Waals surface area (Å²) in [6, 6.07) is 0. The standard InChI is InChI=1S/C45H76O10/c1-12-33(41(49)51-11)32-16-15-26(4)35(18-17-32)29(7)38(47)30(8)39(48)34(13-2)40-27(5)25-28(6)44(53-40)22-19-36(46)45(55-44)24-23-42(10,54-45)37-20-21-43(50,14-3)31(9)52-37/h19,22,26-38,40,46-47,50H,12-18,20-21,23-25H2,1-11H3/t26-,27-,28+,29+,30-,31-,32-,33+,34-,35?,36+,37+,38-,40-,42-,43+,44-,45-/m0/s1. The predicted molar refractivity (Wildman–Crippen MR) is 211 cm³/mol. The Hall–Kier alpha value is -1.40. The van der Waals surface area contributed by atoms with Crippen LogP contribution in [0.15, 0.2) is 12.2 Å². The topological polar surface area (TPSA) is 141 Å². The lowest BCUT2D eigenvalue weighted by atomic mass is 9.71. The number of rotatable bonds is 12. The van der Waals surface area contributed by atoms with Crippen molar-refractivity contribution in [2.45, 2.75) is 200 Å². The third-order valence-corrected chi connectivity index (χ3v) is 15.7. The van der Waals surface area contributed by atoms with Gasteiger partial charge in [0.05, 0.1) is 48.6 Å². The Balaban J connectivity index is 1.29. The molecule has 10 nitrogen and oxygen atoms in total. The first-order chi connectivity index (χ1) is 25.8. The molecule has 2 spiro atoms. The molecule has 1 saturated carbocycles. The molecule has 0 aromatic rings. The normalized spacial score (nSPS) is 45.1. The van der Waals surface area contributed by atoms with Crippen LogP contribution in [0.3, 0.4) is 0 Å². The third kappa shape index (κ3) is 8.54. The Morgan fingerprint density at radius 2 is 1.58 bits per heavy atom. The number of aliphatic hydroxyl groups is 3. The fourth-order valence-electron chi connectivity index (χ4n) is 11.6. The predicted octanol–water partition coefficient (Wildman–Crippen LogP) is 7.54. The molecule has 3 N–H and O–H groups in total. The number of carbonyl (C=O) groups is 2. The van der Waals surface area contributed by atoms with Gasteiger partial charge >= 0.3 is 5.97 Å². The Kier molecular flexibility index (Phi) is 14.2. The van der Waals surface area contributed by atoms with E-state index in [1.165, 1.54) is 7.11 Å². The van der Waals surface area contributed by atoms with Crippen LogP contribution in [0.2, 0.25) is 0 Å². The quantitative estimate of drug-likeness (QED) is 0.104. The fourth-order valence-corrected chi connectivity index (χ4v) is 11.6. The van der Waals surface area contributed by atoms with Gasteiger partial charge in [-0.25, -0.2) is 0 Å². The molecule has 3 saturated heterocycles. The summed E-state index contributed by atoms with van der Waals surface area (Å²) >= 11 is 0. The van der Waals surface area contributed by atoms with Crippen LogP contribution in [-0.4, -0.2) is 87.5 Å². The van der Waals surface area contributed by atoms with E-state index in [4.69, 9.17) is 23.7 Å². The number of hydrogen-bond acceptors (Lipinski definition) is 10. The molecule has 10 heteroatoms.